The Morgan fingerprint density at radius 3 is 2.65 bits per heavy atom. The van der Waals surface area contributed by atoms with Crippen LogP contribution in [0.4, 0.5) is 0 Å². The fourth-order valence-corrected chi connectivity index (χ4v) is 3.46. The van der Waals surface area contributed by atoms with Crippen molar-refractivity contribution < 1.29 is 8.42 Å². The topological polar surface area (TPSA) is 46.2 Å². The molecule has 0 aromatic heterocycles. The van der Waals surface area contributed by atoms with E-state index in [9.17, 15) is 8.42 Å². The van der Waals surface area contributed by atoms with Crippen LogP contribution in [0.3, 0.4) is 0 Å². The molecular weight excluding hydrogens is 294 g/mol. The lowest BCUT2D eigenvalue weighted by Gasteiger charge is -2.19. The van der Waals surface area contributed by atoms with Gasteiger partial charge in [0.25, 0.3) is 0 Å². The number of halogens is 1. The number of sulfone groups is 1. The molecule has 0 saturated heterocycles. The third kappa shape index (κ3) is 4.76. The minimum Gasteiger partial charge on any atom is -0.313 e. The van der Waals surface area contributed by atoms with E-state index in [0.29, 0.717) is 12.5 Å². The summed E-state index contributed by atoms with van der Waals surface area (Å²) in [6.45, 7) is 2.50. The third-order valence-corrected chi connectivity index (χ3v) is 5.87. The summed E-state index contributed by atoms with van der Waals surface area (Å²) in [7, 11) is -2.93. The van der Waals surface area contributed by atoms with E-state index in [2.05, 4.69) is 5.32 Å². The molecule has 1 aliphatic rings. The van der Waals surface area contributed by atoms with Crippen LogP contribution in [0.15, 0.2) is 24.3 Å². The van der Waals surface area contributed by atoms with Gasteiger partial charge in [-0.3, -0.25) is 0 Å². The Labute approximate surface area is 126 Å². The van der Waals surface area contributed by atoms with Crippen molar-refractivity contribution in [2.24, 2.45) is 0 Å². The molecule has 5 heteroatoms. The van der Waals surface area contributed by atoms with Gasteiger partial charge in [-0.2, -0.15) is 0 Å². The first-order chi connectivity index (χ1) is 9.52. The molecule has 2 rings (SSSR count). The van der Waals surface area contributed by atoms with E-state index in [1.54, 1.807) is 6.92 Å². The first-order valence-electron chi connectivity index (χ1n) is 7.20. The highest BCUT2D eigenvalue weighted by molar-refractivity contribution is 7.91. The van der Waals surface area contributed by atoms with Crippen molar-refractivity contribution in [2.75, 3.05) is 18.1 Å². The van der Waals surface area contributed by atoms with Gasteiger partial charge in [-0.15, -0.1) is 0 Å². The standard InChI is InChI=1S/C15H22ClNO2S/c1-2-20(18,19)10-9-12(11-17-13-7-8-13)14-5-3-4-6-15(14)16/h3-6,12-13,17H,2,7-11H2,1H3. The Balaban J connectivity index is 2.05. The second kappa shape index (κ2) is 6.92. The zero-order valence-electron chi connectivity index (χ0n) is 11.8. The SMILES string of the molecule is CCS(=O)(=O)CCC(CNC1CC1)c1ccccc1Cl. The largest absolute Gasteiger partial charge is 0.313 e. The van der Waals surface area contributed by atoms with E-state index in [1.807, 2.05) is 24.3 Å². The van der Waals surface area contributed by atoms with Gasteiger partial charge in [-0.25, -0.2) is 8.42 Å². The monoisotopic (exact) mass is 315 g/mol. The van der Waals surface area contributed by atoms with Crippen molar-refractivity contribution in [1.29, 1.82) is 0 Å². The van der Waals surface area contributed by atoms with Gasteiger partial charge in [0.15, 0.2) is 0 Å². The molecule has 112 valence electrons. The molecule has 20 heavy (non-hydrogen) atoms. The Hall–Kier alpha value is -0.580. The lowest BCUT2D eigenvalue weighted by atomic mass is 9.96. The molecule has 0 aliphatic heterocycles. The van der Waals surface area contributed by atoms with Gasteiger partial charge in [0, 0.05) is 23.4 Å². The summed E-state index contributed by atoms with van der Waals surface area (Å²) in [4.78, 5) is 0. The van der Waals surface area contributed by atoms with Gasteiger partial charge in [-0.1, -0.05) is 36.7 Å². The first-order valence-corrected chi connectivity index (χ1v) is 9.40. The number of hydrogen-bond donors (Lipinski definition) is 1. The molecule has 1 aromatic carbocycles. The highest BCUT2D eigenvalue weighted by atomic mass is 35.5. The lowest BCUT2D eigenvalue weighted by molar-refractivity contribution is 0.554. The Bertz CT molecular complexity index is 541. The van der Waals surface area contributed by atoms with Crippen LogP contribution < -0.4 is 5.32 Å². The van der Waals surface area contributed by atoms with E-state index < -0.39 is 9.84 Å². The predicted octanol–water partition coefficient (Wildman–Crippen LogP) is 3.00. The van der Waals surface area contributed by atoms with Crippen LogP contribution >= 0.6 is 11.6 Å². The van der Waals surface area contributed by atoms with Crippen LogP contribution in [0.2, 0.25) is 5.02 Å². The molecule has 1 aliphatic carbocycles. The lowest BCUT2D eigenvalue weighted by Crippen LogP contribution is -2.25. The minimum absolute atomic E-state index is 0.158. The molecule has 0 heterocycles. The van der Waals surface area contributed by atoms with Gasteiger partial charge < -0.3 is 5.32 Å². The molecule has 1 fully saturated rings. The van der Waals surface area contributed by atoms with Crippen molar-refractivity contribution >= 4 is 21.4 Å². The Kier molecular flexibility index (Phi) is 5.47. The summed E-state index contributed by atoms with van der Waals surface area (Å²) < 4.78 is 23.4. The highest BCUT2D eigenvalue weighted by Gasteiger charge is 2.24. The summed E-state index contributed by atoms with van der Waals surface area (Å²) in [5.74, 6) is 0.593. The van der Waals surface area contributed by atoms with Gasteiger partial charge in [0.2, 0.25) is 0 Å². The van der Waals surface area contributed by atoms with Gasteiger partial charge in [0.05, 0.1) is 5.75 Å². The minimum atomic E-state index is -2.93. The quantitative estimate of drug-likeness (QED) is 0.802. The smallest absolute Gasteiger partial charge is 0.150 e. The van der Waals surface area contributed by atoms with Crippen LogP contribution in [-0.4, -0.2) is 32.5 Å². The molecule has 0 spiro atoms. The van der Waals surface area contributed by atoms with Gasteiger partial charge in [-0.05, 0) is 36.8 Å². The molecule has 0 amide bonds. The second-order valence-corrected chi connectivity index (χ2v) is 8.31. The van der Waals surface area contributed by atoms with Gasteiger partial charge in [0.1, 0.15) is 9.84 Å². The summed E-state index contributed by atoms with van der Waals surface area (Å²) in [6.07, 6.45) is 3.07. The molecule has 1 atom stereocenters. The Morgan fingerprint density at radius 1 is 1.35 bits per heavy atom. The normalized spacial score (nSPS) is 17.1. The predicted molar refractivity (Wildman–Crippen MR) is 84.2 cm³/mol. The molecule has 0 bridgehead atoms. The average Bonchev–Trinajstić information content (AvgIpc) is 3.24. The molecule has 1 aromatic rings. The van der Waals surface area contributed by atoms with Crippen LogP contribution in [0, 0.1) is 0 Å². The molecule has 1 N–H and O–H groups in total. The maximum atomic E-state index is 11.7. The highest BCUT2D eigenvalue weighted by Crippen LogP contribution is 2.28. The second-order valence-electron chi connectivity index (χ2n) is 5.43. The Morgan fingerprint density at radius 2 is 2.05 bits per heavy atom. The van der Waals surface area contributed by atoms with Crippen LogP contribution in [0.25, 0.3) is 0 Å². The van der Waals surface area contributed by atoms with Crippen molar-refractivity contribution in [3.8, 4) is 0 Å². The first kappa shape index (κ1) is 15.8. The van der Waals surface area contributed by atoms with Crippen molar-refractivity contribution in [1.82, 2.24) is 5.32 Å². The maximum absolute atomic E-state index is 11.7. The molecule has 0 radical (unpaired) electrons. The fourth-order valence-electron chi connectivity index (χ4n) is 2.24. The van der Waals surface area contributed by atoms with Crippen molar-refractivity contribution in [2.45, 2.75) is 38.1 Å². The van der Waals surface area contributed by atoms with Crippen LogP contribution in [-0.2, 0) is 9.84 Å². The third-order valence-electron chi connectivity index (χ3n) is 3.79. The van der Waals surface area contributed by atoms with E-state index in [-0.39, 0.29) is 17.4 Å². The zero-order valence-corrected chi connectivity index (χ0v) is 13.4. The van der Waals surface area contributed by atoms with Crippen molar-refractivity contribution in [3.63, 3.8) is 0 Å². The average molecular weight is 316 g/mol. The van der Waals surface area contributed by atoms with Gasteiger partial charge >= 0.3 is 0 Å². The fraction of sp³-hybridized carbons (Fsp3) is 0.600. The summed E-state index contributed by atoms with van der Waals surface area (Å²) >= 11 is 6.26. The summed E-state index contributed by atoms with van der Waals surface area (Å²) in [6, 6.07) is 8.34. The van der Waals surface area contributed by atoms with E-state index in [0.717, 1.165) is 17.1 Å². The van der Waals surface area contributed by atoms with Crippen molar-refractivity contribution in [3.05, 3.63) is 34.9 Å². The van der Waals surface area contributed by atoms with E-state index in [4.69, 9.17) is 11.6 Å². The number of nitrogens with one attached hydrogen (secondary N) is 1. The number of hydrogen-bond acceptors (Lipinski definition) is 3. The van der Waals surface area contributed by atoms with E-state index >= 15 is 0 Å². The number of benzene rings is 1. The maximum Gasteiger partial charge on any atom is 0.150 e. The number of rotatable bonds is 8. The molecule has 3 nitrogen and oxygen atoms in total. The van der Waals surface area contributed by atoms with Crippen LogP contribution in [0.5, 0.6) is 0 Å². The molecule has 1 unspecified atom stereocenters. The van der Waals surface area contributed by atoms with E-state index in [1.165, 1.54) is 12.8 Å². The zero-order chi connectivity index (χ0) is 14.6. The van der Waals surface area contributed by atoms with Crippen LogP contribution in [0.1, 0.15) is 37.7 Å². The molecule has 1 saturated carbocycles. The summed E-state index contributed by atoms with van der Waals surface area (Å²) in [5, 5.41) is 4.21. The molecular formula is C15H22ClNO2S. The summed E-state index contributed by atoms with van der Waals surface area (Å²) in [5.41, 5.74) is 1.05.